The second-order valence-electron chi connectivity index (χ2n) is 6.32. The molecule has 0 saturated carbocycles. The van der Waals surface area contributed by atoms with E-state index in [1.807, 2.05) is 30.3 Å². The van der Waals surface area contributed by atoms with E-state index in [4.69, 9.17) is 4.74 Å². The fourth-order valence-corrected chi connectivity index (χ4v) is 2.79. The van der Waals surface area contributed by atoms with Crippen molar-refractivity contribution in [3.8, 4) is 16.9 Å². The van der Waals surface area contributed by atoms with E-state index >= 15 is 0 Å². The number of carbonyl (C=O) groups excluding carboxylic acids is 2. The van der Waals surface area contributed by atoms with Gasteiger partial charge in [-0.05, 0) is 47.0 Å². The minimum atomic E-state index is -0.395. The van der Waals surface area contributed by atoms with Crippen LogP contribution in [-0.4, -0.2) is 18.2 Å². The van der Waals surface area contributed by atoms with Gasteiger partial charge in [0.25, 0.3) is 0 Å². The van der Waals surface area contributed by atoms with Crippen LogP contribution < -0.4 is 10.1 Å². The number of Topliss-reactive ketones (excluding diaryl/α,β-unsaturated/α-hetero) is 1. The Morgan fingerprint density at radius 1 is 0.964 bits per heavy atom. The molecule has 0 spiro atoms. The summed E-state index contributed by atoms with van der Waals surface area (Å²) >= 11 is 0. The van der Waals surface area contributed by atoms with E-state index in [2.05, 4.69) is 5.32 Å². The fourth-order valence-electron chi connectivity index (χ4n) is 2.79. The zero-order chi connectivity index (χ0) is 19.9. The van der Waals surface area contributed by atoms with Crippen LogP contribution >= 0.6 is 0 Å². The molecule has 3 aromatic carbocycles. The predicted octanol–water partition coefficient (Wildman–Crippen LogP) is 4.39. The minimum Gasteiger partial charge on any atom is -0.489 e. The number of nitrogens with one attached hydrogen (secondary N) is 1. The molecule has 0 aliphatic rings. The lowest BCUT2D eigenvalue weighted by atomic mass is 9.96. The van der Waals surface area contributed by atoms with E-state index in [-0.39, 0.29) is 18.2 Å². The summed E-state index contributed by atoms with van der Waals surface area (Å²) < 4.78 is 19.6. The molecule has 0 aliphatic heterocycles. The van der Waals surface area contributed by atoms with Gasteiger partial charge in [0, 0.05) is 12.5 Å². The molecule has 0 radical (unpaired) electrons. The Morgan fingerprint density at radius 3 is 2.46 bits per heavy atom. The average molecular weight is 377 g/mol. The molecule has 0 saturated heterocycles. The first-order valence-corrected chi connectivity index (χ1v) is 8.87. The normalized spacial score (nSPS) is 10.4. The third-order valence-corrected chi connectivity index (χ3v) is 4.17. The fraction of sp³-hybridized carbons (Fsp3) is 0.130. The summed E-state index contributed by atoms with van der Waals surface area (Å²) in [5.41, 5.74) is 2.53. The van der Waals surface area contributed by atoms with E-state index in [1.54, 1.807) is 30.3 Å². The maximum atomic E-state index is 13.7. The Balaban J connectivity index is 1.91. The molecule has 28 heavy (non-hydrogen) atoms. The Labute approximate surface area is 163 Å². The molecule has 0 bridgehead atoms. The highest BCUT2D eigenvalue weighted by molar-refractivity contribution is 6.04. The summed E-state index contributed by atoms with van der Waals surface area (Å²) in [5, 5.41) is 2.50. The van der Waals surface area contributed by atoms with Gasteiger partial charge >= 0.3 is 0 Å². The molecule has 0 fully saturated rings. The van der Waals surface area contributed by atoms with Crippen molar-refractivity contribution in [2.24, 2.45) is 0 Å². The van der Waals surface area contributed by atoms with Gasteiger partial charge in [-0.2, -0.15) is 0 Å². The standard InChI is InChI=1S/C23H20FNO3/c1-16(26)25-14-23(27)21-11-10-20(28-15-17-6-3-2-4-7-17)13-22(21)18-8-5-9-19(24)12-18/h2-13H,14-15H2,1H3,(H,25,26). The number of benzene rings is 3. The van der Waals surface area contributed by atoms with Crippen LogP contribution in [0.3, 0.4) is 0 Å². The van der Waals surface area contributed by atoms with E-state index in [0.29, 0.717) is 29.0 Å². The van der Waals surface area contributed by atoms with Gasteiger partial charge in [-0.3, -0.25) is 9.59 Å². The maximum Gasteiger partial charge on any atom is 0.217 e. The first-order chi connectivity index (χ1) is 13.5. The van der Waals surface area contributed by atoms with Crippen molar-refractivity contribution in [1.29, 1.82) is 0 Å². The highest BCUT2D eigenvalue weighted by Crippen LogP contribution is 2.29. The van der Waals surface area contributed by atoms with Crippen LogP contribution in [0, 0.1) is 5.82 Å². The zero-order valence-electron chi connectivity index (χ0n) is 15.4. The molecule has 1 amide bonds. The molecule has 0 heterocycles. The van der Waals surface area contributed by atoms with E-state index in [0.717, 1.165) is 5.56 Å². The van der Waals surface area contributed by atoms with Gasteiger partial charge in [0.15, 0.2) is 5.78 Å². The second kappa shape index (κ2) is 8.95. The topological polar surface area (TPSA) is 55.4 Å². The molecular formula is C23H20FNO3. The molecule has 0 aromatic heterocycles. The lowest BCUT2D eigenvalue weighted by molar-refractivity contribution is -0.118. The molecule has 0 unspecified atom stereocenters. The van der Waals surface area contributed by atoms with Gasteiger partial charge in [-0.25, -0.2) is 4.39 Å². The number of amides is 1. The molecule has 3 rings (SSSR count). The first-order valence-electron chi connectivity index (χ1n) is 8.87. The molecular weight excluding hydrogens is 357 g/mol. The first kappa shape index (κ1) is 19.3. The van der Waals surface area contributed by atoms with Gasteiger partial charge in [-0.15, -0.1) is 0 Å². The quantitative estimate of drug-likeness (QED) is 0.621. The smallest absolute Gasteiger partial charge is 0.217 e. The Morgan fingerprint density at radius 2 is 1.75 bits per heavy atom. The summed E-state index contributed by atoms with van der Waals surface area (Å²) in [4.78, 5) is 23.7. The molecule has 0 atom stereocenters. The van der Waals surface area contributed by atoms with Crippen LogP contribution in [-0.2, 0) is 11.4 Å². The largest absolute Gasteiger partial charge is 0.489 e. The van der Waals surface area contributed by atoms with Crippen LogP contribution in [0.25, 0.3) is 11.1 Å². The van der Waals surface area contributed by atoms with Crippen LogP contribution in [0.15, 0.2) is 72.8 Å². The monoisotopic (exact) mass is 377 g/mol. The summed E-state index contributed by atoms with van der Waals surface area (Å²) in [6.45, 7) is 1.60. The Bertz CT molecular complexity index is 986. The minimum absolute atomic E-state index is 0.123. The van der Waals surface area contributed by atoms with Crippen molar-refractivity contribution in [2.75, 3.05) is 6.54 Å². The molecule has 1 N–H and O–H groups in total. The number of hydrogen-bond acceptors (Lipinski definition) is 3. The Kier molecular flexibility index (Phi) is 6.17. The SMILES string of the molecule is CC(=O)NCC(=O)c1ccc(OCc2ccccc2)cc1-c1cccc(F)c1. The van der Waals surface area contributed by atoms with Crippen LogP contribution in [0.4, 0.5) is 4.39 Å². The van der Waals surface area contributed by atoms with Crippen LogP contribution in [0.2, 0.25) is 0 Å². The summed E-state index contributed by atoms with van der Waals surface area (Å²) in [6, 6.07) is 20.8. The van der Waals surface area contributed by atoms with Crippen molar-refractivity contribution in [3.05, 3.63) is 89.7 Å². The van der Waals surface area contributed by atoms with Crippen molar-refractivity contribution in [3.63, 3.8) is 0 Å². The molecule has 142 valence electrons. The van der Waals surface area contributed by atoms with E-state index in [1.165, 1.54) is 19.1 Å². The second-order valence-corrected chi connectivity index (χ2v) is 6.32. The van der Waals surface area contributed by atoms with E-state index < -0.39 is 5.82 Å². The van der Waals surface area contributed by atoms with Gasteiger partial charge in [0.2, 0.25) is 5.91 Å². The summed E-state index contributed by atoms with van der Waals surface area (Å²) in [6.07, 6.45) is 0. The van der Waals surface area contributed by atoms with E-state index in [9.17, 15) is 14.0 Å². The van der Waals surface area contributed by atoms with Crippen molar-refractivity contribution in [2.45, 2.75) is 13.5 Å². The number of ether oxygens (including phenoxy) is 1. The average Bonchev–Trinajstić information content (AvgIpc) is 2.71. The summed E-state index contributed by atoms with van der Waals surface area (Å²) in [7, 11) is 0. The lowest BCUT2D eigenvalue weighted by Crippen LogP contribution is -2.27. The van der Waals surface area contributed by atoms with Crippen LogP contribution in [0.5, 0.6) is 5.75 Å². The molecule has 5 heteroatoms. The third kappa shape index (κ3) is 5.04. The zero-order valence-corrected chi connectivity index (χ0v) is 15.4. The highest BCUT2D eigenvalue weighted by Gasteiger charge is 2.15. The Hall–Kier alpha value is -3.47. The predicted molar refractivity (Wildman–Crippen MR) is 106 cm³/mol. The van der Waals surface area contributed by atoms with Gasteiger partial charge in [-0.1, -0.05) is 42.5 Å². The van der Waals surface area contributed by atoms with Gasteiger partial charge in [0.1, 0.15) is 18.2 Å². The van der Waals surface area contributed by atoms with Crippen molar-refractivity contribution < 1.29 is 18.7 Å². The molecule has 4 nitrogen and oxygen atoms in total. The molecule has 0 aliphatic carbocycles. The van der Waals surface area contributed by atoms with Crippen molar-refractivity contribution >= 4 is 11.7 Å². The lowest BCUT2D eigenvalue weighted by Gasteiger charge is -2.13. The third-order valence-electron chi connectivity index (χ3n) is 4.17. The van der Waals surface area contributed by atoms with Crippen LogP contribution in [0.1, 0.15) is 22.8 Å². The number of hydrogen-bond donors (Lipinski definition) is 1. The number of halogens is 1. The number of carbonyl (C=O) groups is 2. The number of rotatable bonds is 7. The maximum absolute atomic E-state index is 13.7. The molecule has 3 aromatic rings. The van der Waals surface area contributed by atoms with Crippen molar-refractivity contribution in [1.82, 2.24) is 5.32 Å². The highest BCUT2D eigenvalue weighted by atomic mass is 19.1. The summed E-state index contributed by atoms with van der Waals surface area (Å²) in [5.74, 6) is -0.375. The number of ketones is 1. The van der Waals surface area contributed by atoms with Gasteiger partial charge in [0.05, 0.1) is 6.54 Å². The van der Waals surface area contributed by atoms with Gasteiger partial charge < -0.3 is 10.1 Å².